The van der Waals surface area contributed by atoms with Gasteiger partial charge >= 0.3 is 5.97 Å². The Morgan fingerprint density at radius 1 is 1.12 bits per heavy atom. The van der Waals surface area contributed by atoms with Crippen molar-refractivity contribution in [3.63, 3.8) is 0 Å². The van der Waals surface area contributed by atoms with Crippen molar-refractivity contribution < 1.29 is 23.8 Å². The molecule has 0 unspecified atom stereocenters. The van der Waals surface area contributed by atoms with Crippen LogP contribution in [0.4, 0.5) is 0 Å². The van der Waals surface area contributed by atoms with Crippen LogP contribution in [0.5, 0.6) is 11.5 Å². The number of Topliss-reactive ketones (excluding diaryl/α,β-unsaturated/α-hetero) is 1. The second-order valence-corrected chi connectivity index (χ2v) is 6.30. The molecule has 0 radical (unpaired) electrons. The number of rotatable bonds is 7. The zero-order valence-corrected chi connectivity index (χ0v) is 14.6. The van der Waals surface area contributed by atoms with E-state index < -0.39 is 5.97 Å². The van der Waals surface area contributed by atoms with Gasteiger partial charge in [0.25, 0.3) is 0 Å². The molecule has 126 valence electrons. The number of thiophene rings is 1. The molecule has 0 saturated heterocycles. The van der Waals surface area contributed by atoms with Crippen LogP contribution in [-0.4, -0.2) is 32.6 Å². The summed E-state index contributed by atoms with van der Waals surface area (Å²) < 4.78 is 15.8. The number of hydrogen-bond acceptors (Lipinski definition) is 6. The fourth-order valence-electron chi connectivity index (χ4n) is 1.84. The number of halogens is 1. The van der Waals surface area contributed by atoms with Gasteiger partial charge in [-0.15, -0.1) is 11.3 Å². The van der Waals surface area contributed by atoms with E-state index in [0.717, 1.165) is 16.9 Å². The van der Waals surface area contributed by atoms with Crippen LogP contribution >= 0.6 is 22.9 Å². The molecule has 0 aliphatic heterocycles. The highest BCUT2D eigenvalue weighted by Crippen LogP contribution is 2.28. The molecule has 1 aromatic heterocycles. The standard InChI is InChI=1S/C17H15ClO5S/c1-21-13-5-3-11(9-14(13)22-2)4-8-17(20)23-10-12(19)15-6-7-16(18)24-15/h3-9H,10H2,1-2H3. The van der Waals surface area contributed by atoms with Gasteiger partial charge in [-0.3, -0.25) is 4.79 Å². The highest BCUT2D eigenvalue weighted by atomic mass is 35.5. The Bertz CT molecular complexity index is 766. The number of carbonyl (C=O) groups is 2. The number of ketones is 1. The maximum absolute atomic E-state index is 11.8. The summed E-state index contributed by atoms with van der Waals surface area (Å²) in [4.78, 5) is 24.0. The molecule has 1 heterocycles. The highest BCUT2D eigenvalue weighted by molar-refractivity contribution is 7.18. The molecule has 0 saturated carbocycles. The number of methoxy groups -OCH3 is 2. The van der Waals surface area contributed by atoms with Crippen LogP contribution in [0, 0.1) is 0 Å². The van der Waals surface area contributed by atoms with Crippen molar-refractivity contribution in [2.75, 3.05) is 20.8 Å². The van der Waals surface area contributed by atoms with Gasteiger partial charge in [-0.2, -0.15) is 0 Å². The first-order chi connectivity index (χ1) is 11.5. The van der Waals surface area contributed by atoms with Crippen molar-refractivity contribution in [1.82, 2.24) is 0 Å². The smallest absolute Gasteiger partial charge is 0.331 e. The Hall–Kier alpha value is -2.31. The maximum atomic E-state index is 11.8. The first kappa shape index (κ1) is 18.0. The predicted octanol–water partition coefficient (Wildman–Crippen LogP) is 3.86. The van der Waals surface area contributed by atoms with Gasteiger partial charge in [0.2, 0.25) is 5.78 Å². The minimum absolute atomic E-state index is 0.292. The number of benzene rings is 1. The topological polar surface area (TPSA) is 61.8 Å². The molecule has 0 N–H and O–H groups in total. The Labute approximate surface area is 148 Å². The van der Waals surface area contributed by atoms with Crippen LogP contribution in [0.1, 0.15) is 15.2 Å². The fraction of sp³-hybridized carbons (Fsp3) is 0.176. The lowest BCUT2D eigenvalue weighted by Crippen LogP contribution is -2.11. The Morgan fingerprint density at radius 3 is 2.50 bits per heavy atom. The van der Waals surface area contributed by atoms with E-state index in [0.29, 0.717) is 20.7 Å². The second-order valence-electron chi connectivity index (χ2n) is 4.58. The SMILES string of the molecule is COc1ccc(C=CC(=O)OCC(=O)c2ccc(Cl)s2)cc1OC. The summed E-state index contributed by atoms with van der Waals surface area (Å²) in [5, 5.41) is 0. The molecule has 0 spiro atoms. The lowest BCUT2D eigenvalue weighted by atomic mass is 10.2. The summed E-state index contributed by atoms with van der Waals surface area (Å²) in [6.07, 6.45) is 2.81. The van der Waals surface area contributed by atoms with Crippen molar-refractivity contribution in [1.29, 1.82) is 0 Å². The summed E-state index contributed by atoms with van der Waals surface area (Å²) in [6, 6.07) is 8.44. The summed E-state index contributed by atoms with van der Waals surface area (Å²) in [7, 11) is 3.07. The molecule has 0 aliphatic carbocycles. The number of carbonyl (C=O) groups excluding carboxylic acids is 2. The summed E-state index contributed by atoms with van der Waals surface area (Å²) in [5.41, 5.74) is 0.737. The first-order valence-corrected chi connectivity index (χ1v) is 8.08. The van der Waals surface area contributed by atoms with Crippen LogP contribution in [-0.2, 0) is 9.53 Å². The van der Waals surface area contributed by atoms with Crippen LogP contribution in [0.25, 0.3) is 6.08 Å². The minimum atomic E-state index is -0.610. The first-order valence-electron chi connectivity index (χ1n) is 6.89. The van der Waals surface area contributed by atoms with Crippen molar-refractivity contribution in [2.24, 2.45) is 0 Å². The van der Waals surface area contributed by atoms with Gasteiger partial charge in [0.05, 0.1) is 23.4 Å². The van der Waals surface area contributed by atoms with E-state index in [-0.39, 0.29) is 12.4 Å². The average molecular weight is 367 g/mol. The molecule has 0 bridgehead atoms. The second kappa shape index (κ2) is 8.52. The van der Waals surface area contributed by atoms with E-state index in [4.69, 9.17) is 25.8 Å². The van der Waals surface area contributed by atoms with Crippen LogP contribution in [0.3, 0.4) is 0 Å². The summed E-state index contributed by atoms with van der Waals surface area (Å²) in [6.45, 7) is -0.327. The molecule has 0 atom stereocenters. The van der Waals surface area contributed by atoms with E-state index >= 15 is 0 Å². The Kier molecular flexibility index (Phi) is 6.40. The van der Waals surface area contributed by atoms with Crippen molar-refractivity contribution >= 4 is 40.8 Å². The minimum Gasteiger partial charge on any atom is -0.493 e. The number of ether oxygens (including phenoxy) is 3. The van der Waals surface area contributed by atoms with E-state index in [1.165, 1.54) is 13.2 Å². The Morgan fingerprint density at radius 2 is 1.88 bits per heavy atom. The average Bonchev–Trinajstić information content (AvgIpc) is 3.04. The van der Waals surface area contributed by atoms with Gasteiger partial charge < -0.3 is 14.2 Å². The molecule has 0 aliphatic rings. The van der Waals surface area contributed by atoms with E-state index in [1.807, 2.05) is 0 Å². The summed E-state index contributed by atoms with van der Waals surface area (Å²) in [5.74, 6) is 0.246. The van der Waals surface area contributed by atoms with E-state index in [2.05, 4.69) is 0 Å². The van der Waals surface area contributed by atoms with Gasteiger partial charge in [0.15, 0.2) is 18.1 Å². The molecule has 0 amide bonds. The molecule has 1 aromatic carbocycles. The zero-order chi connectivity index (χ0) is 17.5. The predicted molar refractivity (Wildman–Crippen MR) is 93.2 cm³/mol. The Balaban J connectivity index is 1.92. The van der Waals surface area contributed by atoms with Crippen LogP contribution in [0.15, 0.2) is 36.4 Å². The maximum Gasteiger partial charge on any atom is 0.331 e. The molecule has 0 fully saturated rings. The van der Waals surface area contributed by atoms with Crippen molar-refractivity contribution in [3.05, 3.63) is 51.2 Å². The largest absolute Gasteiger partial charge is 0.493 e. The quantitative estimate of drug-likeness (QED) is 0.423. The van der Waals surface area contributed by atoms with E-state index in [9.17, 15) is 9.59 Å². The molecule has 2 rings (SSSR count). The van der Waals surface area contributed by atoms with Gasteiger partial charge in [-0.1, -0.05) is 17.7 Å². The molecule has 24 heavy (non-hydrogen) atoms. The number of hydrogen-bond donors (Lipinski definition) is 0. The van der Waals surface area contributed by atoms with Gasteiger partial charge in [0, 0.05) is 6.08 Å². The van der Waals surface area contributed by atoms with Gasteiger partial charge in [-0.25, -0.2) is 4.79 Å². The normalized spacial score (nSPS) is 10.6. The zero-order valence-electron chi connectivity index (χ0n) is 13.1. The third-order valence-electron chi connectivity index (χ3n) is 3.01. The fourth-order valence-corrected chi connectivity index (χ4v) is 2.81. The molecular weight excluding hydrogens is 352 g/mol. The van der Waals surface area contributed by atoms with E-state index in [1.54, 1.807) is 43.5 Å². The van der Waals surface area contributed by atoms with Crippen LogP contribution < -0.4 is 9.47 Å². The summed E-state index contributed by atoms with van der Waals surface area (Å²) >= 11 is 6.91. The molecule has 7 heteroatoms. The van der Waals surface area contributed by atoms with Gasteiger partial charge in [0.1, 0.15) is 0 Å². The third-order valence-corrected chi connectivity index (χ3v) is 4.29. The van der Waals surface area contributed by atoms with Crippen molar-refractivity contribution in [2.45, 2.75) is 0 Å². The lowest BCUT2D eigenvalue weighted by molar-refractivity contribution is -0.136. The molecular formula is C17H15ClO5S. The lowest BCUT2D eigenvalue weighted by Gasteiger charge is -2.07. The number of esters is 1. The van der Waals surface area contributed by atoms with Crippen LogP contribution in [0.2, 0.25) is 4.34 Å². The molecule has 2 aromatic rings. The third kappa shape index (κ3) is 4.84. The highest BCUT2D eigenvalue weighted by Gasteiger charge is 2.11. The van der Waals surface area contributed by atoms with Crippen molar-refractivity contribution in [3.8, 4) is 11.5 Å². The van der Waals surface area contributed by atoms with Gasteiger partial charge in [-0.05, 0) is 35.9 Å². The molecule has 5 nitrogen and oxygen atoms in total. The monoisotopic (exact) mass is 366 g/mol.